The van der Waals surface area contributed by atoms with Crippen LogP contribution in [0.5, 0.6) is 0 Å². The van der Waals surface area contributed by atoms with Gasteiger partial charge in [0.15, 0.2) is 0 Å². The molecule has 0 atom stereocenters. The lowest BCUT2D eigenvalue weighted by Gasteiger charge is -2.08. The van der Waals surface area contributed by atoms with E-state index in [4.69, 9.17) is 9.26 Å². The third-order valence-corrected chi connectivity index (χ3v) is 3.20. The molecule has 0 saturated heterocycles. The zero-order valence-electron chi connectivity index (χ0n) is 13.1. The number of carbonyl (C=O) groups excluding carboxylic acids is 1. The fourth-order valence-corrected chi connectivity index (χ4v) is 2.25. The van der Waals surface area contributed by atoms with E-state index in [0.717, 1.165) is 11.3 Å². The first-order chi connectivity index (χ1) is 11.1. The SMILES string of the molecule is CCOC(=O)c1noc2nc(C)nc(Nc3cccc(C)c3)c12. The molecule has 23 heavy (non-hydrogen) atoms. The fourth-order valence-electron chi connectivity index (χ4n) is 2.25. The summed E-state index contributed by atoms with van der Waals surface area (Å²) in [5, 5.41) is 7.39. The minimum Gasteiger partial charge on any atom is -0.461 e. The Morgan fingerprint density at radius 2 is 2.13 bits per heavy atom. The van der Waals surface area contributed by atoms with E-state index in [1.54, 1.807) is 13.8 Å². The van der Waals surface area contributed by atoms with Crippen LogP contribution in [-0.2, 0) is 4.74 Å². The number of nitrogens with one attached hydrogen (secondary N) is 1. The summed E-state index contributed by atoms with van der Waals surface area (Å²) in [5.41, 5.74) is 2.26. The minimum absolute atomic E-state index is 0.0667. The maximum atomic E-state index is 12.0. The van der Waals surface area contributed by atoms with Gasteiger partial charge in [0.2, 0.25) is 5.69 Å². The van der Waals surface area contributed by atoms with Gasteiger partial charge in [0.05, 0.1) is 6.61 Å². The van der Waals surface area contributed by atoms with Gasteiger partial charge in [0.25, 0.3) is 5.71 Å². The summed E-state index contributed by atoms with van der Waals surface area (Å²) in [6.45, 7) is 5.72. The first kappa shape index (κ1) is 15.0. The van der Waals surface area contributed by atoms with Crippen LogP contribution in [0.1, 0.15) is 28.8 Å². The molecule has 0 fully saturated rings. The Bertz CT molecular complexity index is 873. The van der Waals surface area contributed by atoms with Crippen molar-refractivity contribution in [2.45, 2.75) is 20.8 Å². The second-order valence-electron chi connectivity index (χ2n) is 5.05. The second-order valence-corrected chi connectivity index (χ2v) is 5.05. The highest BCUT2D eigenvalue weighted by molar-refractivity contribution is 6.05. The van der Waals surface area contributed by atoms with Crippen molar-refractivity contribution >= 4 is 28.6 Å². The molecule has 2 heterocycles. The number of carbonyl (C=O) groups is 1. The smallest absolute Gasteiger partial charge is 0.361 e. The number of fused-ring (bicyclic) bond motifs is 1. The Kier molecular flexibility index (Phi) is 3.92. The normalized spacial score (nSPS) is 10.7. The van der Waals surface area contributed by atoms with Crippen LogP contribution in [0.2, 0.25) is 0 Å². The van der Waals surface area contributed by atoms with Gasteiger partial charge in [-0.3, -0.25) is 0 Å². The molecule has 0 aliphatic heterocycles. The van der Waals surface area contributed by atoms with Crippen LogP contribution in [0.3, 0.4) is 0 Å². The highest BCUT2D eigenvalue weighted by Gasteiger charge is 2.23. The first-order valence-corrected chi connectivity index (χ1v) is 7.23. The van der Waals surface area contributed by atoms with Gasteiger partial charge in [-0.2, -0.15) is 4.98 Å². The lowest BCUT2D eigenvalue weighted by Crippen LogP contribution is -2.07. The number of benzene rings is 1. The average Bonchev–Trinajstić information content (AvgIpc) is 2.91. The summed E-state index contributed by atoms with van der Waals surface area (Å²) in [4.78, 5) is 20.6. The van der Waals surface area contributed by atoms with Gasteiger partial charge in [-0.15, -0.1) is 0 Å². The third kappa shape index (κ3) is 2.98. The Balaban J connectivity index is 2.11. The van der Waals surface area contributed by atoms with Crippen LogP contribution >= 0.6 is 0 Å². The molecular formula is C16H16N4O3. The summed E-state index contributed by atoms with van der Waals surface area (Å²) in [6, 6.07) is 7.81. The van der Waals surface area contributed by atoms with Crippen LogP contribution in [0.25, 0.3) is 11.1 Å². The van der Waals surface area contributed by atoms with Gasteiger partial charge in [-0.25, -0.2) is 9.78 Å². The number of aromatic nitrogens is 3. The summed E-state index contributed by atoms with van der Waals surface area (Å²) >= 11 is 0. The van der Waals surface area contributed by atoms with Crippen molar-refractivity contribution in [3.8, 4) is 0 Å². The molecule has 0 aliphatic rings. The van der Waals surface area contributed by atoms with E-state index in [0.29, 0.717) is 17.0 Å². The number of nitrogens with zero attached hydrogens (tertiary/aromatic N) is 3. The van der Waals surface area contributed by atoms with Gasteiger partial charge in [-0.05, 0) is 38.5 Å². The van der Waals surface area contributed by atoms with Crippen molar-refractivity contribution in [2.75, 3.05) is 11.9 Å². The van der Waals surface area contributed by atoms with Crippen molar-refractivity contribution in [1.82, 2.24) is 15.1 Å². The molecule has 2 aromatic heterocycles. The summed E-state index contributed by atoms with van der Waals surface area (Å²) < 4.78 is 10.2. The second kappa shape index (κ2) is 6.04. The maximum Gasteiger partial charge on any atom is 0.361 e. The third-order valence-electron chi connectivity index (χ3n) is 3.20. The van der Waals surface area contributed by atoms with Crippen LogP contribution in [0, 0.1) is 13.8 Å². The fraction of sp³-hybridized carbons (Fsp3) is 0.250. The quantitative estimate of drug-likeness (QED) is 0.740. The van der Waals surface area contributed by atoms with E-state index in [9.17, 15) is 4.79 Å². The van der Waals surface area contributed by atoms with Crippen molar-refractivity contribution < 1.29 is 14.1 Å². The average molecular weight is 312 g/mol. The van der Waals surface area contributed by atoms with Crippen molar-refractivity contribution in [2.24, 2.45) is 0 Å². The lowest BCUT2D eigenvalue weighted by molar-refractivity contribution is 0.0517. The molecular weight excluding hydrogens is 296 g/mol. The van der Waals surface area contributed by atoms with Gasteiger partial charge in [-0.1, -0.05) is 17.3 Å². The Labute approximate surface area is 132 Å². The number of aryl methyl sites for hydroxylation is 2. The van der Waals surface area contributed by atoms with Gasteiger partial charge in [0, 0.05) is 5.69 Å². The molecule has 0 bridgehead atoms. The molecule has 0 amide bonds. The highest BCUT2D eigenvalue weighted by atomic mass is 16.5. The largest absolute Gasteiger partial charge is 0.461 e. The molecule has 7 heteroatoms. The molecule has 118 valence electrons. The predicted molar refractivity (Wildman–Crippen MR) is 84.8 cm³/mol. The van der Waals surface area contributed by atoms with Crippen LogP contribution in [0.15, 0.2) is 28.8 Å². The van der Waals surface area contributed by atoms with Crippen molar-refractivity contribution in [1.29, 1.82) is 0 Å². The summed E-state index contributed by atoms with van der Waals surface area (Å²) in [6.07, 6.45) is 0. The molecule has 1 aromatic carbocycles. The van der Waals surface area contributed by atoms with Crippen LogP contribution < -0.4 is 5.32 Å². The minimum atomic E-state index is -0.564. The van der Waals surface area contributed by atoms with Gasteiger partial charge >= 0.3 is 5.97 Å². The van der Waals surface area contributed by atoms with E-state index < -0.39 is 5.97 Å². The molecule has 0 saturated carbocycles. The molecule has 7 nitrogen and oxygen atoms in total. The number of rotatable bonds is 4. The van der Waals surface area contributed by atoms with E-state index in [1.807, 2.05) is 31.2 Å². The zero-order valence-corrected chi connectivity index (χ0v) is 13.1. The number of hydrogen-bond acceptors (Lipinski definition) is 7. The van der Waals surface area contributed by atoms with Crippen LogP contribution in [-0.4, -0.2) is 27.7 Å². The molecule has 0 unspecified atom stereocenters. The molecule has 3 aromatic rings. The van der Waals surface area contributed by atoms with Crippen molar-refractivity contribution in [3.05, 3.63) is 41.3 Å². The van der Waals surface area contributed by atoms with E-state index in [2.05, 4.69) is 20.4 Å². The molecule has 0 radical (unpaired) electrons. The van der Waals surface area contributed by atoms with Crippen LogP contribution in [0.4, 0.5) is 11.5 Å². The zero-order chi connectivity index (χ0) is 16.4. The molecule has 1 N–H and O–H groups in total. The monoisotopic (exact) mass is 312 g/mol. The Morgan fingerprint density at radius 1 is 1.30 bits per heavy atom. The number of hydrogen-bond donors (Lipinski definition) is 1. The topological polar surface area (TPSA) is 90.1 Å². The Hall–Kier alpha value is -2.96. The summed E-state index contributed by atoms with van der Waals surface area (Å²) in [5.74, 6) is 0.410. The number of anilines is 2. The standard InChI is InChI=1S/C16H16N4O3/c1-4-22-16(21)13-12-14(17-10(3)18-15(12)23-20-13)19-11-7-5-6-9(2)8-11/h5-8H,4H2,1-3H3,(H,17,18,19). The molecule has 3 rings (SSSR count). The van der Waals surface area contributed by atoms with Crippen molar-refractivity contribution in [3.63, 3.8) is 0 Å². The molecule has 0 aliphatic carbocycles. The van der Waals surface area contributed by atoms with E-state index in [-0.39, 0.29) is 18.0 Å². The van der Waals surface area contributed by atoms with E-state index >= 15 is 0 Å². The predicted octanol–water partition coefficient (Wildman–Crippen LogP) is 3.15. The number of ether oxygens (including phenoxy) is 1. The lowest BCUT2D eigenvalue weighted by atomic mass is 10.2. The maximum absolute atomic E-state index is 12.0. The van der Waals surface area contributed by atoms with E-state index in [1.165, 1.54) is 0 Å². The highest BCUT2D eigenvalue weighted by Crippen LogP contribution is 2.27. The summed E-state index contributed by atoms with van der Waals surface area (Å²) in [7, 11) is 0. The van der Waals surface area contributed by atoms with Gasteiger partial charge < -0.3 is 14.6 Å². The van der Waals surface area contributed by atoms with Gasteiger partial charge in [0.1, 0.15) is 17.0 Å². The Morgan fingerprint density at radius 3 is 2.87 bits per heavy atom. The number of esters is 1. The first-order valence-electron chi connectivity index (χ1n) is 7.23. The molecule has 0 spiro atoms.